The highest BCUT2D eigenvalue weighted by atomic mass is 16.5. The lowest BCUT2D eigenvalue weighted by Gasteiger charge is -2.23. The van der Waals surface area contributed by atoms with Gasteiger partial charge in [0.2, 0.25) is 5.91 Å². The Balaban J connectivity index is 1.86. The van der Waals surface area contributed by atoms with Crippen LogP contribution in [-0.2, 0) is 32.1 Å². The number of esters is 1. The Labute approximate surface area is 183 Å². The highest BCUT2D eigenvalue weighted by Gasteiger charge is 2.28. The van der Waals surface area contributed by atoms with Crippen molar-refractivity contribution >= 4 is 17.8 Å². The fourth-order valence-corrected chi connectivity index (χ4v) is 2.88. The minimum absolute atomic E-state index is 0.162. The number of methoxy groups -OCH3 is 1. The van der Waals surface area contributed by atoms with E-state index < -0.39 is 24.0 Å². The van der Waals surface area contributed by atoms with E-state index in [1.54, 1.807) is 19.2 Å². The van der Waals surface area contributed by atoms with E-state index in [0.717, 1.165) is 16.9 Å². The zero-order valence-electron chi connectivity index (χ0n) is 18.4. The van der Waals surface area contributed by atoms with E-state index in [1.807, 2.05) is 56.3 Å². The van der Waals surface area contributed by atoms with E-state index >= 15 is 0 Å². The van der Waals surface area contributed by atoms with Crippen molar-refractivity contribution < 1.29 is 23.9 Å². The molecule has 0 aromatic heterocycles. The largest absolute Gasteiger partial charge is 0.497 e. The Morgan fingerprint density at radius 1 is 0.903 bits per heavy atom. The molecule has 0 aliphatic carbocycles. The molecule has 2 aromatic rings. The van der Waals surface area contributed by atoms with E-state index in [-0.39, 0.29) is 18.2 Å². The number of carbonyl (C=O) groups is 3. The van der Waals surface area contributed by atoms with Crippen LogP contribution in [0.2, 0.25) is 0 Å². The normalized spacial score (nSPS) is 12.5. The first kappa shape index (κ1) is 23.9. The molecule has 0 aliphatic rings. The summed E-state index contributed by atoms with van der Waals surface area (Å²) in [6, 6.07) is 15.7. The average Bonchev–Trinajstić information content (AvgIpc) is 2.76. The fourth-order valence-electron chi connectivity index (χ4n) is 2.88. The van der Waals surface area contributed by atoms with E-state index in [9.17, 15) is 14.4 Å². The molecule has 2 rings (SSSR count). The molecule has 0 radical (unpaired) electrons. The monoisotopic (exact) mass is 426 g/mol. The first-order valence-corrected chi connectivity index (χ1v) is 10.2. The van der Waals surface area contributed by atoms with Crippen LogP contribution in [0, 0.1) is 5.92 Å². The van der Waals surface area contributed by atoms with Crippen LogP contribution in [0.15, 0.2) is 54.6 Å². The Morgan fingerprint density at radius 3 is 2.13 bits per heavy atom. The van der Waals surface area contributed by atoms with Crippen LogP contribution < -0.4 is 15.4 Å². The number of ether oxygens (including phenoxy) is 2. The van der Waals surface area contributed by atoms with Crippen LogP contribution in [-0.4, -0.2) is 37.0 Å². The molecule has 0 unspecified atom stereocenters. The predicted molar refractivity (Wildman–Crippen MR) is 117 cm³/mol. The SMILES string of the molecule is COc1ccc(CNC(=O)[C@@H](C)OC(=O)[C@@H](NC(=O)Cc2ccccc2)C(C)C)cc1. The van der Waals surface area contributed by atoms with E-state index in [4.69, 9.17) is 9.47 Å². The number of rotatable bonds is 10. The maximum Gasteiger partial charge on any atom is 0.329 e. The molecule has 0 saturated carbocycles. The zero-order valence-corrected chi connectivity index (χ0v) is 18.4. The molecule has 0 bridgehead atoms. The molecule has 0 heterocycles. The first-order valence-electron chi connectivity index (χ1n) is 10.2. The van der Waals surface area contributed by atoms with E-state index in [0.29, 0.717) is 6.54 Å². The van der Waals surface area contributed by atoms with E-state index in [1.165, 1.54) is 6.92 Å². The topological polar surface area (TPSA) is 93.7 Å². The summed E-state index contributed by atoms with van der Waals surface area (Å²) in [6.07, 6.45) is -0.826. The van der Waals surface area contributed by atoms with Crippen molar-refractivity contribution in [3.63, 3.8) is 0 Å². The van der Waals surface area contributed by atoms with Crippen LogP contribution in [0.1, 0.15) is 31.9 Å². The summed E-state index contributed by atoms with van der Waals surface area (Å²) in [5, 5.41) is 5.46. The summed E-state index contributed by atoms with van der Waals surface area (Å²) >= 11 is 0. The molecule has 2 amide bonds. The second kappa shape index (κ2) is 11.7. The smallest absolute Gasteiger partial charge is 0.329 e. The molecule has 2 atom stereocenters. The van der Waals surface area contributed by atoms with Crippen LogP contribution >= 0.6 is 0 Å². The summed E-state index contributed by atoms with van der Waals surface area (Å²) < 4.78 is 10.4. The van der Waals surface area contributed by atoms with Gasteiger partial charge < -0.3 is 20.1 Å². The minimum atomic E-state index is -0.988. The predicted octanol–water partition coefficient (Wildman–Crippen LogP) is 2.63. The maximum absolute atomic E-state index is 12.6. The molecule has 2 N–H and O–H groups in total. The molecule has 7 heteroatoms. The van der Waals surface area contributed by atoms with Crippen molar-refractivity contribution in [3.8, 4) is 5.75 Å². The number of amides is 2. The standard InChI is InChI=1S/C24H30N2O5/c1-16(2)22(26-21(27)14-18-8-6-5-7-9-18)24(29)31-17(3)23(28)25-15-19-10-12-20(30-4)13-11-19/h5-13,16-17,22H,14-15H2,1-4H3,(H,25,28)(H,26,27)/t17-,22+/m1/s1. The van der Waals surface area contributed by atoms with Crippen LogP contribution in [0.4, 0.5) is 0 Å². The number of hydrogen-bond donors (Lipinski definition) is 2. The Morgan fingerprint density at radius 2 is 1.55 bits per heavy atom. The number of hydrogen-bond acceptors (Lipinski definition) is 5. The van der Waals surface area contributed by atoms with Gasteiger partial charge in [-0.3, -0.25) is 9.59 Å². The van der Waals surface area contributed by atoms with Crippen molar-refractivity contribution in [1.29, 1.82) is 0 Å². The third-order valence-electron chi connectivity index (χ3n) is 4.73. The first-order chi connectivity index (χ1) is 14.8. The lowest BCUT2D eigenvalue weighted by molar-refractivity contribution is -0.158. The van der Waals surface area contributed by atoms with Gasteiger partial charge >= 0.3 is 5.97 Å². The average molecular weight is 427 g/mol. The number of nitrogens with one attached hydrogen (secondary N) is 2. The van der Waals surface area contributed by atoms with Crippen molar-refractivity contribution in [1.82, 2.24) is 10.6 Å². The summed E-state index contributed by atoms with van der Waals surface area (Å²) in [5.41, 5.74) is 1.74. The molecule has 7 nitrogen and oxygen atoms in total. The highest BCUT2D eigenvalue weighted by molar-refractivity contribution is 5.88. The third-order valence-corrected chi connectivity index (χ3v) is 4.73. The van der Waals surface area contributed by atoms with Crippen LogP contribution in [0.5, 0.6) is 5.75 Å². The molecular formula is C24H30N2O5. The van der Waals surface area contributed by atoms with Crippen LogP contribution in [0.25, 0.3) is 0 Å². The van der Waals surface area contributed by atoms with Crippen molar-refractivity contribution in [2.45, 2.75) is 45.9 Å². The van der Waals surface area contributed by atoms with E-state index in [2.05, 4.69) is 10.6 Å². The molecule has 31 heavy (non-hydrogen) atoms. The molecule has 166 valence electrons. The second-order valence-electron chi connectivity index (χ2n) is 7.60. The molecule has 0 spiro atoms. The Hall–Kier alpha value is -3.35. The van der Waals surface area contributed by atoms with Gasteiger partial charge in [-0.25, -0.2) is 4.79 Å². The van der Waals surface area contributed by atoms with Crippen molar-refractivity contribution in [3.05, 3.63) is 65.7 Å². The van der Waals surface area contributed by atoms with Gasteiger partial charge in [0, 0.05) is 6.54 Å². The summed E-state index contributed by atoms with van der Waals surface area (Å²) in [7, 11) is 1.58. The number of benzene rings is 2. The third kappa shape index (κ3) is 7.77. The molecular weight excluding hydrogens is 396 g/mol. The Kier molecular flexibility index (Phi) is 9.06. The molecule has 2 aromatic carbocycles. The Bertz CT molecular complexity index is 865. The summed E-state index contributed by atoms with van der Waals surface area (Å²) in [5.74, 6) is -0.794. The molecule has 0 saturated heterocycles. The van der Waals surface area contributed by atoms with Crippen molar-refractivity contribution in [2.24, 2.45) is 5.92 Å². The number of carbonyl (C=O) groups excluding carboxylic acids is 3. The van der Waals surface area contributed by atoms with Gasteiger partial charge in [-0.1, -0.05) is 56.3 Å². The molecule has 0 aliphatic heterocycles. The van der Waals surface area contributed by atoms with Gasteiger partial charge in [0.05, 0.1) is 13.5 Å². The lowest BCUT2D eigenvalue weighted by Crippen LogP contribution is -2.48. The zero-order chi connectivity index (χ0) is 22.8. The second-order valence-corrected chi connectivity index (χ2v) is 7.60. The van der Waals surface area contributed by atoms with Gasteiger partial charge in [-0.05, 0) is 36.1 Å². The summed E-state index contributed by atoms with van der Waals surface area (Å²) in [4.78, 5) is 37.3. The quantitative estimate of drug-likeness (QED) is 0.570. The highest BCUT2D eigenvalue weighted by Crippen LogP contribution is 2.11. The minimum Gasteiger partial charge on any atom is -0.497 e. The summed E-state index contributed by atoms with van der Waals surface area (Å²) in [6.45, 7) is 5.42. The van der Waals surface area contributed by atoms with Gasteiger partial charge in [0.15, 0.2) is 6.10 Å². The van der Waals surface area contributed by atoms with Crippen LogP contribution in [0.3, 0.4) is 0 Å². The van der Waals surface area contributed by atoms with Crippen molar-refractivity contribution in [2.75, 3.05) is 7.11 Å². The van der Waals surface area contributed by atoms with Gasteiger partial charge in [-0.15, -0.1) is 0 Å². The van der Waals surface area contributed by atoms with Gasteiger partial charge in [0.25, 0.3) is 5.91 Å². The fraction of sp³-hybridized carbons (Fsp3) is 0.375. The molecule has 0 fully saturated rings. The maximum atomic E-state index is 12.6. The lowest BCUT2D eigenvalue weighted by atomic mass is 10.0. The van der Waals surface area contributed by atoms with Gasteiger partial charge in [0.1, 0.15) is 11.8 Å². The van der Waals surface area contributed by atoms with Gasteiger partial charge in [-0.2, -0.15) is 0 Å².